The second-order valence-corrected chi connectivity index (χ2v) is 7.78. The van der Waals surface area contributed by atoms with E-state index in [1.54, 1.807) is 55.5 Å². The summed E-state index contributed by atoms with van der Waals surface area (Å²) in [6.45, 7) is 1.74. The number of aliphatic hydroxyl groups is 1. The monoisotopic (exact) mass is 451 g/mol. The van der Waals surface area contributed by atoms with E-state index < -0.39 is 23.5 Å². The first-order valence-corrected chi connectivity index (χ1v) is 10.2. The Labute approximate surface area is 189 Å². The molecule has 1 unspecified atom stereocenters. The first-order valence-electron chi connectivity index (χ1n) is 9.79. The molecule has 5 nitrogen and oxygen atoms in total. The van der Waals surface area contributed by atoms with Gasteiger partial charge in [-0.15, -0.1) is 0 Å². The number of benzene rings is 3. The van der Waals surface area contributed by atoms with Crippen LogP contribution in [0.2, 0.25) is 5.02 Å². The SMILES string of the molecule is COc1ccc(/C(O)=C2\C(=O)C(=O)N(c3ccc(Cl)cc3)C2c2ccccc2F)c(C)c1. The van der Waals surface area contributed by atoms with Crippen molar-refractivity contribution in [3.63, 3.8) is 0 Å². The molecule has 1 atom stereocenters. The van der Waals surface area contributed by atoms with Gasteiger partial charge in [-0.1, -0.05) is 29.8 Å². The Bertz CT molecular complexity index is 1250. The number of halogens is 2. The van der Waals surface area contributed by atoms with E-state index in [0.29, 0.717) is 27.6 Å². The highest BCUT2D eigenvalue weighted by Gasteiger charge is 2.47. The van der Waals surface area contributed by atoms with Gasteiger partial charge in [-0.05, 0) is 61.0 Å². The molecule has 3 aromatic carbocycles. The molecule has 1 saturated heterocycles. The molecule has 1 heterocycles. The average molecular weight is 452 g/mol. The number of nitrogens with zero attached hydrogens (tertiary/aromatic N) is 1. The van der Waals surface area contributed by atoms with Gasteiger partial charge in [0.15, 0.2) is 0 Å². The summed E-state index contributed by atoms with van der Waals surface area (Å²) in [5.41, 5.74) is 1.24. The zero-order valence-electron chi connectivity index (χ0n) is 17.3. The normalized spacial score (nSPS) is 17.6. The first kappa shape index (κ1) is 21.6. The number of rotatable bonds is 4. The Balaban J connectivity index is 1.97. The molecule has 1 N–H and O–H groups in total. The van der Waals surface area contributed by atoms with Crippen LogP contribution >= 0.6 is 11.6 Å². The van der Waals surface area contributed by atoms with Crippen LogP contribution in [0, 0.1) is 12.7 Å². The Hall–Kier alpha value is -3.64. The van der Waals surface area contributed by atoms with Gasteiger partial charge in [0.05, 0.1) is 18.7 Å². The molecule has 1 aliphatic rings. The van der Waals surface area contributed by atoms with Crippen molar-refractivity contribution in [3.05, 3.63) is 99.8 Å². The van der Waals surface area contributed by atoms with E-state index in [-0.39, 0.29) is 16.9 Å². The molecule has 7 heteroatoms. The Morgan fingerprint density at radius 1 is 1.06 bits per heavy atom. The zero-order chi connectivity index (χ0) is 23.0. The molecule has 0 spiro atoms. The molecule has 32 heavy (non-hydrogen) atoms. The largest absolute Gasteiger partial charge is 0.507 e. The van der Waals surface area contributed by atoms with Crippen molar-refractivity contribution >= 4 is 34.7 Å². The number of carbonyl (C=O) groups excluding carboxylic acids is 2. The highest BCUT2D eigenvalue weighted by Crippen LogP contribution is 2.43. The third-order valence-electron chi connectivity index (χ3n) is 5.44. The van der Waals surface area contributed by atoms with Crippen molar-refractivity contribution in [2.45, 2.75) is 13.0 Å². The third kappa shape index (κ3) is 3.63. The van der Waals surface area contributed by atoms with Crippen molar-refractivity contribution in [2.75, 3.05) is 12.0 Å². The number of Topliss-reactive ketones (excluding diaryl/α,β-unsaturated/α-hetero) is 1. The van der Waals surface area contributed by atoms with E-state index in [2.05, 4.69) is 0 Å². The zero-order valence-corrected chi connectivity index (χ0v) is 18.1. The van der Waals surface area contributed by atoms with Crippen molar-refractivity contribution in [3.8, 4) is 5.75 Å². The fourth-order valence-electron chi connectivity index (χ4n) is 3.87. The van der Waals surface area contributed by atoms with E-state index >= 15 is 0 Å². The van der Waals surface area contributed by atoms with Gasteiger partial charge in [0.25, 0.3) is 11.7 Å². The molecule has 3 aromatic rings. The Kier molecular flexibility index (Phi) is 5.72. The predicted molar refractivity (Wildman–Crippen MR) is 120 cm³/mol. The first-order chi connectivity index (χ1) is 15.3. The maximum atomic E-state index is 14.9. The van der Waals surface area contributed by atoms with Crippen molar-refractivity contribution < 1.29 is 23.8 Å². The van der Waals surface area contributed by atoms with Gasteiger partial charge in [0.2, 0.25) is 0 Å². The molecule has 1 fully saturated rings. The number of ether oxygens (including phenoxy) is 1. The number of hydrogen-bond acceptors (Lipinski definition) is 4. The highest BCUT2D eigenvalue weighted by atomic mass is 35.5. The topological polar surface area (TPSA) is 66.8 Å². The smallest absolute Gasteiger partial charge is 0.300 e. The number of ketones is 1. The minimum absolute atomic E-state index is 0.0920. The minimum Gasteiger partial charge on any atom is -0.507 e. The standard InChI is InChI=1S/C25H19ClFNO4/c1-14-13-17(32-2)11-12-18(14)23(29)21-22(19-5-3-4-6-20(19)27)28(25(31)24(21)30)16-9-7-15(26)8-10-16/h3-13,22,29H,1-2H3/b23-21+. The lowest BCUT2D eigenvalue weighted by Crippen LogP contribution is -2.29. The van der Waals surface area contributed by atoms with Crippen LogP contribution in [0.3, 0.4) is 0 Å². The quantitative estimate of drug-likeness (QED) is 0.326. The number of anilines is 1. The van der Waals surface area contributed by atoms with Gasteiger partial charge in [-0.2, -0.15) is 0 Å². The van der Waals surface area contributed by atoms with Crippen LogP contribution in [0.1, 0.15) is 22.7 Å². The summed E-state index contributed by atoms with van der Waals surface area (Å²) >= 11 is 5.97. The third-order valence-corrected chi connectivity index (χ3v) is 5.69. The van der Waals surface area contributed by atoms with Crippen molar-refractivity contribution in [2.24, 2.45) is 0 Å². The van der Waals surface area contributed by atoms with Crippen LogP contribution in [0.15, 0.2) is 72.3 Å². The number of methoxy groups -OCH3 is 1. The summed E-state index contributed by atoms with van der Waals surface area (Å²) in [4.78, 5) is 27.4. The van der Waals surface area contributed by atoms with Gasteiger partial charge in [0, 0.05) is 21.8 Å². The highest BCUT2D eigenvalue weighted by molar-refractivity contribution is 6.51. The van der Waals surface area contributed by atoms with Gasteiger partial charge in [-0.25, -0.2) is 4.39 Å². The number of aliphatic hydroxyl groups excluding tert-OH is 1. The molecule has 1 amide bonds. The average Bonchev–Trinajstić information content (AvgIpc) is 3.04. The van der Waals surface area contributed by atoms with Crippen LogP contribution in [-0.4, -0.2) is 23.9 Å². The lowest BCUT2D eigenvalue weighted by Gasteiger charge is -2.26. The summed E-state index contributed by atoms with van der Waals surface area (Å²) < 4.78 is 20.1. The molecular formula is C25H19ClFNO4. The van der Waals surface area contributed by atoms with E-state index in [9.17, 15) is 19.1 Å². The maximum Gasteiger partial charge on any atom is 0.300 e. The van der Waals surface area contributed by atoms with Crippen LogP contribution in [-0.2, 0) is 9.59 Å². The van der Waals surface area contributed by atoms with Gasteiger partial charge in [0.1, 0.15) is 17.3 Å². The van der Waals surface area contributed by atoms with Gasteiger partial charge < -0.3 is 9.84 Å². The van der Waals surface area contributed by atoms with Crippen LogP contribution in [0.4, 0.5) is 10.1 Å². The number of aryl methyl sites for hydroxylation is 1. The lowest BCUT2D eigenvalue weighted by atomic mass is 9.93. The molecule has 162 valence electrons. The van der Waals surface area contributed by atoms with Crippen LogP contribution < -0.4 is 9.64 Å². The van der Waals surface area contributed by atoms with Crippen molar-refractivity contribution in [1.29, 1.82) is 0 Å². The molecule has 4 rings (SSSR count). The molecule has 0 aliphatic carbocycles. The number of carbonyl (C=O) groups is 2. The fourth-order valence-corrected chi connectivity index (χ4v) is 3.99. The molecule has 0 bridgehead atoms. The summed E-state index contributed by atoms with van der Waals surface area (Å²) in [5.74, 6) is -2.18. The van der Waals surface area contributed by atoms with E-state index in [1.807, 2.05) is 0 Å². The summed E-state index contributed by atoms with van der Waals surface area (Å²) in [6.07, 6.45) is 0. The lowest BCUT2D eigenvalue weighted by molar-refractivity contribution is -0.132. The van der Waals surface area contributed by atoms with E-state index in [1.165, 1.54) is 30.2 Å². The second-order valence-electron chi connectivity index (χ2n) is 7.35. The van der Waals surface area contributed by atoms with Gasteiger partial charge >= 0.3 is 0 Å². The van der Waals surface area contributed by atoms with Crippen molar-refractivity contribution in [1.82, 2.24) is 0 Å². The number of amides is 1. The molecule has 1 aliphatic heterocycles. The summed E-state index contributed by atoms with van der Waals surface area (Å²) in [5, 5.41) is 11.6. The molecule has 0 radical (unpaired) electrons. The number of hydrogen-bond donors (Lipinski definition) is 1. The van der Waals surface area contributed by atoms with E-state index in [0.717, 1.165) is 0 Å². The summed E-state index contributed by atoms with van der Waals surface area (Å²) in [6, 6.07) is 15.9. The van der Waals surface area contributed by atoms with E-state index in [4.69, 9.17) is 16.3 Å². The Morgan fingerprint density at radius 3 is 2.38 bits per heavy atom. The molecular weight excluding hydrogens is 433 g/mol. The van der Waals surface area contributed by atoms with Gasteiger partial charge in [-0.3, -0.25) is 14.5 Å². The molecule has 0 saturated carbocycles. The molecule has 0 aromatic heterocycles. The predicted octanol–water partition coefficient (Wildman–Crippen LogP) is 5.42. The minimum atomic E-state index is -1.15. The maximum absolute atomic E-state index is 14.9. The second kappa shape index (κ2) is 8.48. The van der Waals surface area contributed by atoms with Crippen LogP contribution in [0.25, 0.3) is 5.76 Å². The van der Waals surface area contributed by atoms with Crippen LogP contribution in [0.5, 0.6) is 5.75 Å². The Morgan fingerprint density at radius 2 is 1.75 bits per heavy atom. The fraction of sp³-hybridized carbons (Fsp3) is 0.120. The summed E-state index contributed by atoms with van der Waals surface area (Å²) in [7, 11) is 1.52.